The van der Waals surface area contributed by atoms with Crippen molar-refractivity contribution >= 4 is 11.8 Å². The number of hydrogen-bond donors (Lipinski definition) is 1. The molecular weight excluding hydrogens is 264 g/mol. The number of Topliss-reactive ketones (excluding diaryl/α,β-unsaturated/α-hetero) is 1. The van der Waals surface area contributed by atoms with Crippen LogP contribution in [0.25, 0.3) is 0 Å². The van der Waals surface area contributed by atoms with Gasteiger partial charge in [-0.25, -0.2) is 0 Å². The van der Waals surface area contributed by atoms with E-state index in [4.69, 9.17) is 5.11 Å². The number of carbonyl (C=O) groups is 2. The molecule has 0 aliphatic heterocycles. The highest BCUT2D eigenvalue weighted by Crippen LogP contribution is 2.21. The Labute approximate surface area is 126 Å². The van der Waals surface area contributed by atoms with Gasteiger partial charge in [0, 0.05) is 17.9 Å². The van der Waals surface area contributed by atoms with Crippen LogP contribution in [0.15, 0.2) is 67.8 Å². The molecule has 1 atom stereocenters. The van der Waals surface area contributed by atoms with Crippen LogP contribution in [-0.4, -0.2) is 16.9 Å². The Morgan fingerprint density at radius 3 is 2.14 bits per heavy atom. The molecule has 21 heavy (non-hydrogen) atoms. The van der Waals surface area contributed by atoms with Crippen LogP contribution < -0.4 is 0 Å². The number of rotatable bonds is 7. The van der Waals surface area contributed by atoms with Crippen LogP contribution >= 0.6 is 0 Å². The van der Waals surface area contributed by atoms with Gasteiger partial charge in [0.15, 0.2) is 5.78 Å². The van der Waals surface area contributed by atoms with E-state index in [2.05, 4.69) is 19.7 Å². The Morgan fingerprint density at radius 2 is 1.71 bits per heavy atom. The predicted octanol–water partition coefficient (Wildman–Crippen LogP) is 4.28. The first-order valence-electron chi connectivity index (χ1n) is 6.64. The van der Waals surface area contributed by atoms with E-state index >= 15 is 0 Å². The average molecular weight is 286 g/mol. The summed E-state index contributed by atoms with van der Waals surface area (Å²) in [4.78, 5) is 22.8. The van der Waals surface area contributed by atoms with Crippen molar-refractivity contribution in [1.29, 1.82) is 0 Å². The summed E-state index contributed by atoms with van der Waals surface area (Å²) in [6, 6.07) is 8.82. The topological polar surface area (TPSA) is 54.4 Å². The molecule has 0 radical (unpaired) electrons. The zero-order chi connectivity index (χ0) is 16.3. The fraction of sp³-hybridized carbons (Fsp3) is 0.222. The fourth-order valence-corrected chi connectivity index (χ4v) is 1.68. The average Bonchev–Trinajstić information content (AvgIpc) is 2.47. The van der Waals surface area contributed by atoms with Gasteiger partial charge in [-0.15, -0.1) is 6.58 Å². The van der Waals surface area contributed by atoms with Crippen LogP contribution in [0.5, 0.6) is 0 Å². The van der Waals surface area contributed by atoms with Crippen LogP contribution in [0.4, 0.5) is 0 Å². The number of allylic oxidation sites excluding steroid dienone is 3. The van der Waals surface area contributed by atoms with Gasteiger partial charge < -0.3 is 5.11 Å². The van der Waals surface area contributed by atoms with E-state index < -0.39 is 11.9 Å². The summed E-state index contributed by atoms with van der Waals surface area (Å²) in [5.74, 6) is -1.42. The molecular formula is C18H22O3. The molecule has 3 heteroatoms. The minimum atomic E-state index is -0.941. The summed E-state index contributed by atoms with van der Waals surface area (Å²) < 4.78 is 0. The van der Waals surface area contributed by atoms with E-state index in [1.807, 2.05) is 13.0 Å². The normalized spacial score (nSPS) is 10.5. The maximum absolute atomic E-state index is 12.0. The van der Waals surface area contributed by atoms with Crippen molar-refractivity contribution in [2.45, 2.75) is 19.8 Å². The summed E-state index contributed by atoms with van der Waals surface area (Å²) in [5, 5.41) is 8.83. The maximum Gasteiger partial charge on any atom is 0.303 e. The number of hydrogen-bond acceptors (Lipinski definition) is 2. The van der Waals surface area contributed by atoms with Crippen molar-refractivity contribution in [2.75, 3.05) is 0 Å². The Balaban J connectivity index is 0.00000122. The molecule has 0 heterocycles. The van der Waals surface area contributed by atoms with Crippen molar-refractivity contribution < 1.29 is 14.7 Å². The van der Waals surface area contributed by atoms with Crippen LogP contribution in [-0.2, 0) is 4.79 Å². The summed E-state index contributed by atoms with van der Waals surface area (Å²) >= 11 is 0. The maximum atomic E-state index is 12.0. The second-order valence-electron chi connectivity index (χ2n) is 4.48. The molecule has 1 aromatic carbocycles. The predicted molar refractivity (Wildman–Crippen MR) is 86.3 cm³/mol. The lowest BCUT2D eigenvalue weighted by molar-refractivity contribution is -0.137. The van der Waals surface area contributed by atoms with E-state index in [1.165, 1.54) is 6.08 Å². The number of carbonyl (C=O) groups excluding carboxylic acids is 1. The zero-order valence-corrected chi connectivity index (χ0v) is 12.4. The first-order chi connectivity index (χ1) is 9.96. The Bertz CT molecular complexity index is 500. The largest absolute Gasteiger partial charge is 0.481 e. The molecule has 0 saturated heterocycles. The van der Waals surface area contributed by atoms with Gasteiger partial charge in [0.2, 0.25) is 0 Å². The number of ketones is 1. The van der Waals surface area contributed by atoms with Crippen molar-refractivity contribution in [2.24, 2.45) is 5.92 Å². The van der Waals surface area contributed by atoms with E-state index in [1.54, 1.807) is 30.3 Å². The van der Waals surface area contributed by atoms with Gasteiger partial charge in [0.1, 0.15) is 0 Å². The Hall–Kier alpha value is -2.42. The van der Waals surface area contributed by atoms with Gasteiger partial charge in [-0.05, 0) is 6.92 Å². The second-order valence-corrected chi connectivity index (χ2v) is 4.48. The first kappa shape index (κ1) is 18.6. The zero-order valence-electron chi connectivity index (χ0n) is 12.4. The summed E-state index contributed by atoms with van der Waals surface area (Å²) in [5.41, 5.74) is 1.17. The smallest absolute Gasteiger partial charge is 0.303 e. The molecule has 112 valence electrons. The van der Waals surface area contributed by atoms with Gasteiger partial charge >= 0.3 is 5.97 Å². The van der Waals surface area contributed by atoms with E-state index in [0.717, 1.165) is 0 Å². The number of carboxylic acid groups (broad SMARTS) is 1. The molecule has 1 aromatic rings. The molecule has 0 spiro atoms. The quantitative estimate of drug-likeness (QED) is 0.462. The van der Waals surface area contributed by atoms with Gasteiger partial charge in [-0.2, -0.15) is 0 Å². The molecule has 0 aromatic heterocycles. The third-order valence-corrected chi connectivity index (χ3v) is 2.74. The SMILES string of the molecule is C=CC.C=CC(=C)C(CC(=O)O)CC(=O)c1ccccc1. The lowest BCUT2D eigenvalue weighted by Crippen LogP contribution is -2.14. The highest BCUT2D eigenvalue weighted by Gasteiger charge is 2.19. The van der Waals surface area contributed by atoms with Gasteiger partial charge in [0.05, 0.1) is 6.42 Å². The fourth-order valence-electron chi connectivity index (χ4n) is 1.68. The lowest BCUT2D eigenvalue weighted by atomic mass is 9.89. The summed E-state index contributed by atoms with van der Waals surface area (Å²) in [7, 11) is 0. The van der Waals surface area contributed by atoms with E-state index in [-0.39, 0.29) is 18.6 Å². The van der Waals surface area contributed by atoms with Crippen molar-refractivity contribution in [3.05, 3.63) is 73.4 Å². The molecule has 1 unspecified atom stereocenters. The van der Waals surface area contributed by atoms with Crippen molar-refractivity contribution in [3.63, 3.8) is 0 Å². The molecule has 0 aliphatic rings. The van der Waals surface area contributed by atoms with Gasteiger partial charge in [-0.1, -0.05) is 61.2 Å². The van der Waals surface area contributed by atoms with E-state index in [9.17, 15) is 9.59 Å². The molecule has 0 saturated carbocycles. The van der Waals surface area contributed by atoms with Crippen LogP contribution in [0.2, 0.25) is 0 Å². The van der Waals surface area contributed by atoms with Crippen LogP contribution in [0.3, 0.4) is 0 Å². The Morgan fingerprint density at radius 1 is 1.19 bits per heavy atom. The van der Waals surface area contributed by atoms with E-state index in [0.29, 0.717) is 11.1 Å². The van der Waals surface area contributed by atoms with Gasteiger partial charge in [0.25, 0.3) is 0 Å². The number of benzene rings is 1. The Kier molecular flexibility index (Phi) is 9.18. The third-order valence-electron chi connectivity index (χ3n) is 2.74. The summed E-state index contributed by atoms with van der Waals surface area (Å²) in [6.45, 7) is 12.6. The monoisotopic (exact) mass is 286 g/mol. The van der Waals surface area contributed by atoms with Crippen LogP contribution in [0, 0.1) is 5.92 Å². The highest BCUT2D eigenvalue weighted by atomic mass is 16.4. The third kappa shape index (κ3) is 7.67. The highest BCUT2D eigenvalue weighted by molar-refractivity contribution is 5.96. The van der Waals surface area contributed by atoms with Crippen molar-refractivity contribution in [3.8, 4) is 0 Å². The molecule has 3 nitrogen and oxygen atoms in total. The first-order valence-corrected chi connectivity index (χ1v) is 6.64. The molecule has 0 bridgehead atoms. The van der Waals surface area contributed by atoms with Crippen molar-refractivity contribution in [1.82, 2.24) is 0 Å². The molecule has 0 fully saturated rings. The van der Waals surface area contributed by atoms with Gasteiger partial charge in [-0.3, -0.25) is 9.59 Å². The lowest BCUT2D eigenvalue weighted by Gasteiger charge is -2.14. The summed E-state index contributed by atoms with van der Waals surface area (Å²) in [6.07, 6.45) is 3.29. The second kappa shape index (κ2) is 10.4. The van der Waals surface area contributed by atoms with Crippen LogP contribution in [0.1, 0.15) is 30.1 Å². The minimum absolute atomic E-state index is 0.0788. The number of carboxylic acids is 1. The number of aliphatic carboxylic acids is 1. The molecule has 0 aliphatic carbocycles. The molecule has 0 amide bonds. The standard InChI is InChI=1S/C15H16O3.C3H6/c1-3-11(2)13(10-15(17)18)9-14(16)12-7-5-4-6-8-12;1-3-2/h3-8,13H,1-2,9-10H2,(H,17,18);3H,1H2,2H3. The minimum Gasteiger partial charge on any atom is -0.481 e. The molecule has 1 N–H and O–H groups in total. The molecule has 1 rings (SSSR count).